The van der Waals surface area contributed by atoms with E-state index in [0.29, 0.717) is 5.57 Å². The minimum Gasteiger partial charge on any atom is -0.383 e. The number of rotatable bonds is 1. The number of thiazole rings is 1. The van der Waals surface area contributed by atoms with Crippen LogP contribution in [0, 0.1) is 0 Å². The lowest BCUT2D eigenvalue weighted by Crippen LogP contribution is -2.08. The van der Waals surface area contributed by atoms with Crippen LogP contribution in [-0.4, -0.2) is 29.9 Å². The number of hydrogen-bond donors (Lipinski definition) is 1. The Hall–Kier alpha value is -1.88. The summed E-state index contributed by atoms with van der Waals surface area (Å²) in [6.07, 6.45) is 1.85. The number of amides is 1. The molecule has 0 radical (unpaired) electrons. The van der Waals surface area contributed by atoms with Gasteiger partial charge in [-0.05, 0) is 12.1 Å². The lowest BCUT2D eigenvalue weighted by Gasteiger charge is -2.06. The molecule has 1 aliphatic heterocycles. The zero-order chi connectivity index (χ0) is 12.0. The molecule has 0 fully saturated rings. The van der Waals surface area contributed by atoms with Crippen LogP contribution in [0.25, 0.3) is 15.8 Å². The first-order valence-corrected chi connectivity index (χ1v) is 6.11. The highest BCUT2D eigenvalue weighted by atomic mass is 32.1. The maximum Gasteiger partial charge on any atom is 0.257 e. The molecule has 0 aliphatic carbocycles. The summed E-state index contributed by atoms with van der Waals surface area (Å²) in [5.41, 5.74) is 5.31. The molecule has 1 amide bonds. The van der Waals surface area contributed by atoms with Crippen molar-refractivity contribution in [3.8, 4) is 0 Å². The zero-order valence-electron chi connectivity index (χ0n) is 9.52. The normalized spacial score (nSPS) is 16.4. The van der Waals surface area contributed by atoms with Crippen molar-refractivity contribution in [2.45, 2.75) is 0 Å². The van der Waals surface area contributed by atoms with Crippen LogP contribution in [0.2, 0.25) is 0 Å². The molecule has 2 aromatic rings. The van der Waals surface area contributed by atoms with E-state index in [-0.39, 0.29) is 5.91 Å². The van der Waals surface area contributed by atoms with Crippen molar-refractivity contribution >= 4 is 38.7 Å². The van der Waals surface area contributed by atoms with Gasteiger partial charge in [-0.1, -0.05) is 0 Å². The van der Waals surface area contributed by atoms with Crippen LogP contribution >= 0.6 is 11.3 Å². The van der Waals surface area contributed by atoms with Gasteiger partial charge in [-0.25, -0.2) is 4.98 Å². The summed E-state index contributed by atoms with van der Waals surface area (Å²) >= 11 is 1.56. The smallest absolute Gasteiger partial charge is 0.257 e. The summed E-state index contributed by atoms with van der Waals surface area (Å²) in [6.45, 7) is 0. The van der Waals surface area contributed by atoms with E-state index in [0.717, 1.165) is 21.5 Å². The minimum absolute atomic E-state index is 0.0467. The number of fused-ring (bicyclic) bond motifs is 3. The molecule has 0 bridgehead atoms. The van der Waals surface area contributed by atoms with E-state index < -0.39 is 0 Å². The summed E-state index contributed by atoms with van der Waals surface area (Å²) in [7, 11) is 3.82. The monoisotopic (exact) mass is 245 g/mol. The van der Waals surface area contributed by atoms with Gasteiger partial charge < -0.3 is 10.2 Å². The van der Waals surface area contributed by atoms with Crippen molar-refractivity contribution in [1.82, 2.24) is 9.88 Å². The largest absolute Gasteiger partial charge is 0.383 e. The summed E-state index contributed by atoms with van der Waals surface area (Å²) in [5.74, 6) is -0.0467. The zero-order valence-corrected chi connectivity index (χ0v) is 10.3. The van der Waals surface area contributed by atoms with Crippen molar-refractivity contribution in [3.05, 3.63) is 29.4 Å². The Balaban J connectivity index is 2.31. The molecule has 2 heterocycles. The molecule has 4 nitrogen and oxygen atoms in total. The first kappa shape index (κ1) is 10.3. The van der Waals surface area contributed by atoms with E-state index in [9.17, 15) is 4.79 Å². The average Bonchev–Trinajstić information content (AvgIpc) is 2.83. The van der Waals surface area contributed by atoms with E-state index >= 15 is 0 Å². The van der Waals surface area contributed by atoms with E-state index in [2.05, 4.69) is 10.3 Å². The number of nitrogens with zero attached hydrogens (tertiary/aromatic N) is 2. The Morgan fingerprint density at radius 3 is 3.00 bits per heavy atom. The van der Waals surface area contributed by atoms with Crippen molar-refractivity contribution < 1.29 is 4.79 Å². The minimum atomic E-state index is -0.0467. The summed E-state index contributed by atoms with van der Waals surface area (Å²) in [6, 6.07) is 3.84. The lowest BCUT2D eigenvalue weighted by molar-refractivity contribution is -0.110. The maximum atomic E-state index is 11.9. The van der Waals surface area contributed by atoms with Crippen molar-refractivity contribution in [2.24, 2.45) is 0 Å². The first-order valence-electron chi connectivity index (χ1n) is 5.23. The fourth-order valence-corrected chi connectivity index (χ4v) is 2.84. The molecule has 5 heteroatoms. The second-order valence-corrected chi connectivity index (χ2v) is 5.00. The van der Waals surface area contributed by atoms with E-state index in [4.69, 9.17) is 0 Å². The summed E-state index contributed by atoms with van der Waals surface area (Å²) in [5, 5.41) is 2.88. The first-order chi connectivity index (χ1) is 8.16. The van der Waals surface area contributed by atoms with Gasteiger partial charge in [0.05, 0.1) is 27.0 Å². The van der Waals surface area contributed by atoms with Crippen molar-refractivity contribution in [2.75, 3.05) is 19.4 Å². The quantitative estimate of drug-likeness (QED) is 0.783. The summed E-state index contributed by atoms with van der Waals surface area (Å²) < 4.78 is 1.06. The Kier molecular flexibility index (Phi) is 2.16. The highest BCUT2D eigenvalue weighted by Gasteiger charge is 2.27. The fourth-order valence-electron chi connectivity index (χ4n) is 1.98. The number of nitrogens with one attached hydrogen (secondary N) is 1. The molecule has 1 N–H and O–H groups in total. The number of aromatic nitrogens is 1. The molecule has 86 valence electrons. The predicted octanol–water partition coefficient (Wildman–Crippen LogP) is 2.15. The van der Waals surface area contributed by atoms with E-state index in [1.165, 1.54) is 0 Å². The standard InChI is InChI=1S/C12H11N3OS/c1-15(2)5-7-10-8(14-12(7)16)3-4-9-11(10)17-6-13-9/h3-6H,1-2H3,(H,14,16)/b7-5+. The molecule has 0 saturated heterocycles. The van der Waals surface area contributed by atoms with Gasteiger partial charge >= 0.3 is 0 Å². The molecule has 1 aromatic heterocycles. The molecule has 1 aromatic carbocycles. The average molecular weight is 245 g/mol. The Bertz CT molecular complexity index is 642. The molecule has 1 aliphatic rings. The number of anilines is 1. The number of carbonyl (C=O) groups is 1. The van der Waals surface area contributed by atoms with E-state index in [1.54, 1.807) is 16.8 Å². The second kappa shape index (κ2) is 3.56. The highest BCUT2D eigenvalue weighted by Crippen LogP contribution is 2.39. The Labute approximate surface area is 103 Å². The van der Waals surface area contributed by atoms with Gasteiger partial charge in [-0.3, -0.25) is 4.79 Å². The van der Waals surface area contributed by atoms with Crippen LogP contribution in [0.4, 0.5) is 5.69 Å². The van der Waals surface area contributed by atoms with Gasteiger partial charge in [0.2, 0.25) is 0 Å². The van der Waals surface area contributed by atoms with Gasteiger partial charge in [0.25, 0.3) is 5.91 Å². The third-order valence-corrected chi connectivity index (χ3v) is 3.51. The Morgan fingerprint density at radius 2 is 2.24 bits per heavy atom. The van der Waals surface area contributed by atoms with Gasteiger partial charge in [-0.2, -0.15) is 0 Å². The van der Waals surface area contributed by atoms with Crippen LogP contribution in [0.1, 0.15) is 5.56 Å². The molecule has 0 unspecified atom stereocenters. The van der Waals surface area contributed by atoms with E-state index in [1.807, 2.05) is 37.3 Å². The van der Waals surface area contributed by atoms with Crippen LogP contribution in [0.5, 0.6) is 0 Å². The molecular formula is C12H11N3OS. The van der Waals surface area contributed by atoms with Gasteiger partial charge in [0.15, 0.2) is 0 Å². The predicted molar refractivity (Wildman–Crippen MR) is 69.9 cm³/mol. The molecule has 0 saturated carbocycles. The Morgan fingerprint density at radius 1 is 1.41 bits per heavy atom. The number of hydrogen-bond acceptors (Lipinski definition) is 4. The van der Waals surface area contributed by atoms with Crippen molar-refractivity contribution in [1.29, 1.82) is 0 Å². The number of carbonyl (C=O) groups excluding carboxylic acids is 1. The molecule has 3 rings (SSSR count). The molecular weight excluding hydrogens is 234 g/mol. The number of benzene rings is 1. The lowest BCUT2D eigenvalue weighted by atomic mass is 10.1. The van der Waals surface area contributed by atoms with Crippen LogP contribution in [0.15, 0.2) is 23.8 Å². The SMILES string of the molecule is CN(C)/C=C1/C(=O)Nc2ccc3ncsc3c21. The van der Waals surface area contributed by atoms with Gasteiger partial charge in [0, 0.05) is 25.9 Å². The van der Waals surface area contributed by atoms with Gasteiger partial charge in [-0.15, -0.1) is 11.3 Å². The molecule has 0 atom stereocenters. The van der Waals surface area contributed by atoms with Gasteiger partial charge in [0.1, 0.15) is 0 Å². The highest BCUT2D eigenvalue weighted by molar-refractivity contribution is 7.17. The van der Waals surface area contributed by atoms with Crippen LogP contribution in [-0.2, 0) is 4.79 Å². The third-order valence-electron chi connectivity index (χ3n) is 2.65. The third kappa shape index (κ3) is 1.51. The fraction of sp³-hybridized carbons (Fsp3) is 0.167. The molecule has 0 spiro atoms. The second-order valence-electron chi connectivity index (χ2n) is 4.15. The maximum absolute atomic E-state index is 11.9. The topological polar surface area (TPSA) is 45.2 Å². The van der Waals surface area contributed by atoms with Crippen LogP contribution in [0.3, 0.4) is 0 Å². The van der Waals surface area contributed by atoms with Crippen LogP contribution < -0.4 is 5.32 Å². The summed E-state index contributed by atoms with van der Waals surface area (Å²) in [4.78, 5) is 18.1. The molecule has 17 heavy (non-hydrogen) atoms. The van der Waals surface area contributed by atoms with Crippen molar-refractivity contribution in [3.63, 3.8) is 0 Å².